The lowest BCUT2D eigenvalue weighted by Gasteiger charge is -2.03. The number of hydrogen-bond acceptors (Lipinski definition) is 5. The summed E-state index contributed by atoms with van der Waals surface area (Å²) < 4.78 is 22.8. The maximum atomic E-state index is 11.2. The summed E-state index contributed by atoms with van der Waals surface area (Å²) >= 11 is 0. The van der Waals surface area contributed by atoms with Crippen LogP contribution in [0.15, 0.2) is 14.6 Å². The summed E-state index contributed by atoms with van der Waals surface area (Å²) in [6.07, 6.45) is 1.45. The lowest BCUT2D eigenvalue weighted by atomic mass is 10.3. The summed E-state index contributed by atoms with van der Waals surface area (Å²) in [5.74, 6) is 0. The Morgan fingerprint density at radius 2 is 2.06 bits per heavy atom. The molecule has 8 nitrogen and oxygen atoms in total. The van der Waals surface area contributed by atoms with E-state index >= 15 is 0 Å². The van der Waals surface area contributed by atoms with Crippen LogP contribution in [-0.4, -0.2) is 23.2 Å². The van der Waals surface area contributed by atoms with E-state index < -0.39 is 26.3 Å². The molecule has 0 aliphatic rings. The fourth-order valence-corrected chi connectivity index (χ4v) is 1.58. The van der Waals surface area contributed by atoms with Crippen molar-refractivity contribution in [2.24, 2.45) is 5.14 Å². The van der Waals surface area contributed by atoms with Crippen LogP contribution >= 0.6 is 0 Å². The van der Waals surface area contributed by atoms with E-state index in [0.717, 1.165) is 11.1 Å². The fraction of sp³-hybridized carbons (Fsp3) is 0.571. The second-order valence-corrected chi connectivity index (χ2v) is 4.66. The van der Waals surface area contributed by atoms with Gasteiger partial charge in [0.15, 0.2) is 0 Å². The summed E-state index contributed by atoms with van der Waals surface area (Å²) in [4.78, 5) is 24.2. The molecule has 9 heteroatoms. The van der Waals surface area contributed by atoms with Crippen LogP contribution in [0.3, 0.4) is 0 Å². The van der Waals surface area contributed by atoms with Crippen molar-refractivity contribution >= 4 is 10.0 Å². The molecule has 0 saturated heterocycles. The molecule has 0 unspecified atom stereocenters. The number of nitrogens with one attached hydrogen (secondary N) is 1. The smallest absolute Gasteiger partial charge is 0.270 e. The first kappa shape index (κ1) is 12.6. The van der Waals surface area contributed by atoms with Crippen LogP contribution in [0.4, 0.5) is 0 Å². The van der Waals surface area contributed by atoms with Gasteiger partial charge in [0.05, 0.1) is 0 Å². The SMILES string of the molecule is CCCCn1nc(S(N)(=O)=O)c(=O)[nH]c1=O. The Morgan fingerprint density at radius 3 is 2.56 bits per heavy atom. The number of rotatable bonds is 4. The average molecular weight is 248 g/mol. The highest BCUT2D eigenvalue weighted by Gasteiger charge is 2.17. The second-order valence-electron chi connectivity index (χ2n) is 3.19. The zero-order valence-electron chi connectivity index (χ0n) is 8.63. The molecule has 1 aromatic heterocycles. The van der Waals surface area contributed by atoms with Crippen LogP contribution in [0.2, 0.25) is 0 Å². The van der Waals surface area contributed by atoms with Crippen molar-refractivity contribution < 1.29 is 8.42 Å². The van der Waals surface area contributed by atoms with Gasteiger partial charge in [-0.1, -0.05) is 13.3 Å². The molecule has 0 aliphatic heterocycles. The molecule has 0 saturated carbocycles. The lowest BCUT2D eigenvalue weighted by molar-refractivity contribution is 0.494. The maximum Gasteiger partial charge on any atom is 0.344 e. The minimum atomic E-state index is -4.21. The monoisotopic (exact) mass is 248 g/mol. The predicted octanol–water partition coefficient (Wildman–Crippen LogP) is -1.62. The van der Waals surface area contributed by atoms with E-state index in [2.05, 4.69) is 5.10 Å². The van der Waals surface area contributed by atoms with E-state index in [1.165, 1.54) is 0 Å². The molecule has 1 aromatic rings. The number of nitrogens with zero attached hydrogens (tertiary/aromatic N) is 2. The molecule has 0 atom stereocenters. The number of aryl methyl sites for hydroxylation is 1. The number of aromatic nitrogens is 3. The summed E-state index contributed by atoms with van der Waals surface area (Å²) in [5, 5.41) is 7.36. The Kier molecular flexibility index (Phi) is 3.60. The molecule has 16 heavy (non-hydrogen) atoms. The predicted molar refractivity (Wildman–Crippen MR) is 55.4 cm³/mol. The van der Waals surface area contributed by atoms with Gasteiger partial charge in [0.2, 0.25) is 0 Å². The minimum absolute atomic E-state index is 0.231. The van der Waals surface area contributed by atoms with E-state index in [1.54, 1.807) is 0 Å². The van der Waals surface area contributed by atoms with Crippen LogP contribution < -0.4 is 16.4 Å². The Hall–Kier alpha value is -1.48. The van der Waals surface area contributed by atoms with E-state index in [9.17, 15) is 18.0 Å². The number of hydrogen-bond donors (Lipinski definition) is 2. The van der Waals surface area contributed by atoms with Gasteiger partial charge in [0.1, 0.15) is 0 Å². The molecule has 0 aromatic carbocycles. The summed E-state index contributed by atoms with van der Waals surface area (Å²) in [5.41, 5.74) is -1.84. The van der Waals surface area contributed by atoms with Crippen LogP contribution in [0.5, 0.6) is 0 Å². The Balaban J connectivity index is 3.34. The van der Waals surface area contributed by atoms with Crippen LogP contribution in [0.25, 0.3) is 0 Å². The van der Waals surface area contributed by atoms with Gasteiger partial charge >= 0.3 is 5.69 Å². The quantitative estimate of drug-likeness (QED) is 0.661. The zero-order valence-corrected chi connectivity index (χ0v) is 9.45. The van der Waals surface area contributed by atoms with E-state index in [1.807, 2.05) is 11.9 Å². The first-order chi connectivity index (χ1) is 7.36. The van der Waals surface area contributed by atoms with Crippen molar-refractivity contribution in [1.82, 2.24) is 14.8 Å². The third-order valence-electron chi connectivity index (χ3n) is 1.85. The highest BCUT2D eigenvalue weighted by Crippen LogP contribution is 1.92. The van der Waals surface area contributed by atoms with E-state index in [4.69, 9.17) is 5.14 Å². The first-order valence-corrected chi connectivity index (χ1v) is 6.15. The molecule has 0 radical (unpaired) electrons. The van der Waals surface area contributed by atoms with E-state index in [0.29, 0.717) is 6.42 Å². The van der Waals surface area contributed by atoms with E-state index in [-0.39, 0.29) is 6.54 Å². The number of aromatic amines is 1. The number of primary sulfonamides is 1. The number of unbranched alkanes of at least 4 members (excludes halogenated alkanes) is 1. The number of sulfonamides is 1. The van der Waals surface area contributed by atoms with Crippen molar-refractivity contribution in [1.29, 1.82) is 0 Å². The van der Waals surface area contributed by atoms with Crippen molar-refractivity contribution in [3.05, 3.63) is 20.8 Å². The topological polar surface area (TPSA) is 128 Å². The van der Waals surface area contributed by atoms with Gasteiger partial charge in [-0.15, -0.1) is 5.10 Å². The molecule has 0 bridgehead atoms. The highest BCUT2D eigenvalue weighted by atomic mass is 32.2. The molecular formula is C7H12N4O4S. The fourth-order valence-electron chi connectivity index (χ4n) is 1.06. The van der Waals surface area contributed by atoms with Gasteiger partial charge in [0.25, 0.3) is 20.6 Å². The average Bonchev–Trinajstić information content (AvgIpc) is 2.14. The molecule has 1 rings (SSSR count). The summed E-state index contributed by atoms with van der Waals surface area (Å²) in [6, 6.07) is 0. The molecule has 0 amide bonds. The minimum Gasteiger partial charge on any atom is -0.270 e. The molecule has 90 valence electrons. The van der Waals surface area contributed by atoms with Gasteiger partial charge in [-0.2, -0.15) is 0 Å². The Morgan fingerprint density at radius 1 is 1.44 bits per heavy atom. The molecular weight excluding hydrogens is 236 g/mol. The third kappa shape index (κ3) is 2.76. The van der Waals surface area contributed by atoms with Gasteiger partial charge < -0.3 is 0 Å². The van der Waals surface area contributed by atoms with Crippen molar-refractivity contribution in [2.75, 3.05) is 0 Å². The standard InChI is InChI=1S/C7H12N4O4S/c1-2-3-4-11-7(13)9-5(12)6(10-11)16(8,14)15/h2-4H2,1H3,(H2,8,14,15)(H,9,12,13). The summed E-state index contributed by atoms with van der Waals surface area (Å²) in [6.45, 7) is 2.13. The molecule has 1 heterocycles. The maximum absolute atomic E-state index is 11.2. The Bertz CT molecular complexity index is 585. The van der Waals surface area contributed by atoms with Gasteiger partial charge in [-0.25, -0.2) is 23.0 Å². The molecule has 3 N–H and O–H groups in total. The van der Waals surface area contributed by atoms with Crippen molar-refractivity contribution in [3.8, 4) is 0 Å². The normalized spacial score (nSPS) is 11.6. The highest BCUT2D eigenvalue weighted by molar-refractivity contribution is 7.89. The third-order valence-corrected chi connectivity index (χ3v) is 2.66. The van der Waals surface area contributed by atoms with Crippen LogP contribution in [0.1, 0.15) is 19.8 Å². The molecule has 0 aliphatic carbocycles. The van der Waals surface area contributed by atoms with Crippen molar-refractivity contribution in [2.45, 2.75) is 31.3 Å². The lowest BCUT2D eigenvalue weighted by Crippen LogP contribution is -2.37. The van der Waals surface area contributed by atoms with Gasteiger partial charge in [-0.3, -0.25) is 9.78 Å². The van der Waals surface area contributed by atoms with Gasteiger partial charge in [0, 0.05) is 6.54 Å². The molecule has 0 spiro atoms. The summed E-state index contributed by atoms with van der Waals surface area (Å²) in [7, 11) is -4.21. The van der Waals surface area contributed by atoms with Gasteiger partial charge in [-0.05, 0) is 6.42 Å². The van der Waals surface area contributed by atoms with Crippen LogP contribution in [0, 0.1) is 0 Å². The second kappa shape index (κ2) is 4.58. The first-order valence-electron chi connectivity index (χ1n) is 4.60. The molecule has 0 fully saturated rings. The zero-order chi connectivity index (χ0) is 12.3. The van der Waals surface area contributed by atoms with Crippen LogP contribution in [-0.2, 0) is 16.6 Å². The van der Waals surface area contributed by atoms with Crippen molar-refractivity contribution in [3.63, 3.8) is 0 Å². The number of nitrogens with two attached hydrogens (primary N) is 1. The number of H-pyrrole nitrogens is 1. The Labute approximate surface area is 91.2 Å². The largest absolute Gasteiger partial charge is 0.344 e.